The van der Waals surface area contributed by atoms with E-state index in [9.17, 15) is 0 Å². The molecule has 0 saturated carbocycles. The van der Waals surface area contributed by atoms with Crippen molar-refractivity contribution in [2.45, 2.75) is 13.0 Å². The molecule has 0 saturated heterocycles. The first-order valence-corrected chi connectivity index (χ1v) is 7.40. The van der Waals surface area contributed by atoms with Crippen molar-refractivity contribution in [1.82, 2.24) is 20.2 Å². The molecule has 118 valence electrons. The Morgan fingerprint density at radius 1 is 1.09 bits per heavy atom. The Morgan fingerprint density at radius 2 is 1.87 bits per heavy atom. The normalized spacial score (nSPS) is 10.7. The summed E-state index contributed by atoms with van der Waals surface area (Å²) in [5.74, 6) is 1.42. The molecule has 0 aliphatic rings. The standard InChI is InChI=1S/C17H18N4O2/c1-23-15-8-6-13(7-9-15)12-14-4-2-3-5-16(14)17-18-20-21(19-17)10-11-22/h2-9,22H,10-12H2,1H3. The van der Waals surface area contributed by atoms with Crippen molar-refractivity contribution in [1.29, 1.82) is 0 Å². The number of aromatic nitrogens is 4. The minimum Gasteiger partial charge on any atom is -0.497 e. The van der Waals surface area contributed by atoms with E-state index >= 15 is 0 Å². The van der Waals surface area contributed by atoms with E-state index in [1.807, 2.05) is 42.5 Å². The van der Waals surface area contributed by atoms with Gasteiger partial charge in [-0.25, -0.2) is 0 Å². The van der Waals surface area contributed by atoms with Gasteiger partial charge in [0.25, 0.3) is 0 Å². The van der Waals surface area contributed by atoms with Crippen LogP contribution < -0.4 is 4.74 Å². The van der Waals surface area contributed by atoms with E-state index in [1.54, 1.807) is 7.11 Å². The van der Waals surface area contributed by atoms with E-state index in [0.717, 1.165) is 23.3 Å². The smallest absolute Gasteiger partial charge is 0.205 e. The summed E-state index contributed by atoms with van der Waals surface area (Å²) in [7, 11) is 1.66. The van der Waals surface area contributed by atoms with Gasteiger partial charge >= 0.3 is 0 Å². The molecular weight excluding hydrogens is 292 g/mol. The fraction of sp³-hybridized carbons (Fsp3) is 0.235. The molecule has 0 radical (unpaired) electrons. The van der Waals surface area contributed by atoms with Crippen molar-refractivity contribution >= 4 is 0 Å². The van der Waals surface area contributed by atoms with Gasteiger partial charge in [-0.1, -0.05) is 36.4 Å². The van der Waals surface area contributed by atoms with Gasteiger partial charge in [0.15, 0.2) is 0 Å². The average Bonchev–Trinajstić information content (AvgIpc) is 3.05. The summed E-state index contributed by atoms with van der Waals surface area (Å²) in [5, 5.41) is 21.3. The maximum atomic E-state index is 8.95. The van der Waals surface area contributed by atoms with Gasteiger partial charge in [-0.3, -0.25) is 0 Å². The Balaban J connectivity index is 1.87. The van der Waals surface area contributed by atoms with Crippen LogP contribution in [0.4, 0.5) is 0 Å². The lowest BCUT2D eigenvalue weighted by atomic mass is 9.99. The van der Waals surface area contributed by atoms with Gasteiger partial charge in [-0.2, -0.15) is 4.80 Å². The summed E-state index contributed by atoms with van der Waals surface area (Å²) in [6.07, 6.45) is 0.773. The molecule has 2 aromatic carbocycles. The third-order valence-corrected chi connectivity index (χ3v) is 3.56. The molecule has 0 amide bonds. The van der Waals surface area contributed by atoms with E-state index in [1.165, 1.54) is 10.4 Å². The van der Waals surface area contributed by atoms with Crippen LogP contribution in [-0.2, 0) is 13.0 Å². The number of ether oxygens (including phenoxy) is 1. The summed E-state index contributed by atoms with van der Waals surface area (Å²) in [5.41, 5.74) is 3.26. The van der Waals surface area contributed by atoms with Gasteiger partial charge in [0.2, 0.25) is 5.82 Å². The molecule has 0 fully saturated rings. The van der Waals surface area contributed by atoms with Crippen molar-refractivity contribution in [3.8, 4) is 17.1 Å². The Labute approximate surface area is 134 Å². The molecule has 1 N–H and O–H groups in total. The largest absolute Gasteiger partial charge is 0.497 e. The van der Waals surface area contributed by atoms with Crippen molar-refractivity contribution in [3.05, 3.63) is 59.7 Å². The van der Waals surface area contributed by atoms with E-state index in [-0.39, 0.29) is 6.61 Å². The number of hydrogen-bond donors (Lipinski definition) is 1. The first kappa shape index (κ1) is 15.2. The molecule has 0 aliphatic heterocycles. The SMILES string of the molecule is COc1ccc(Cc2ccccc2-c2nnn(CCO)n2)cc1. The van der Waals surface area contributed by atoms with Crippen molar-refractivity contribution in [3.63, 3.8) is 0 Å². The molecule has 0 aliphatic carbocycles. The zero-order valence-electron chi connectivity index (χ0n) is 12.9. The Bertz CT molecular complexity index is 768. The van der Waals surface area contributed by atoms with E-state index in [2.05, 4.69) is 21.5 Å². The Hall–Kier alpha value is -2.73. The maximum Gasteiger partial charge on any atom is 0.205 e. The zero-order chi connectivity index (χ0) is 16.1. The minimum atomic E-state index is -0.0106. The van der Waals surface area contributed by atoms with Crippen LogP contribution in [0.3, 0.4) is 0 Å². The van der Waals surface area contributed by atoms with Gasteiger partial charge in [0.1, 0.15) is 5.75 Å². The molecule has 23 heavy (non-hydrogen) atoms. The van der Waals surface area contributed by atoms with Crippen LogP contribution in [0.2, 0.25) is 0 Å². The summed E-state index contributed by atoms with van der Waals surface area (Å²) in [4.78, 5) is 1.40. The van der Waals surface area contributed by atoms with Gasteiger partial charge < -0.3 is 9.84 Å². The molecule has 6 nitrogen and oxygen atoms in total. The number of tetrazole rings is 1. The Morgan fingerprint density at radius 3 is 2.61 bits per heavy atom. The van der Waals surface area contributed by atoms with Crippen molar-refractivity contribution < 1.29 is 9.84 Å². The average molecular weight is 310 g/mol. The molecule has 0 spiro atoms. The third kappa shape index (κ3) is 3.54. The Kier molecular flexibility index (Phi) is 4.63. The van der Waals surface area contributed by atoms with Crippen LogP contribution in [0.25, 0.3) is 11.4 Å². The van der Waals surface area contributed by atoms with Crippen molar-refractivity contribution in [2.75, 3.05) is 13.7 Å². The summed E-state index contributed by atoms with van der Waals surface area (Å²) in [6.45, 7) is 0.330. The van der Waals surface area contributed by atoms with Crippen LogP contribution in [-0.4, -0.2) is 39.0 Å². The fourth-order valence-corrected chi connectivity index (χ4v) is 2.39. The highest BCUT2D eigenvalue weighted by Gasteiger charge is 2.11. The van der Waals surface area contributed by atoms with E-state index < -0.39 is 0 Å². The highest BCUT2D eigenvalue weighted by molar-refractivity contribution is 5.60. The number of hydrogen-bond acceptors (Lipinski definition) is 5. The quantitative estimate of drug-likeness (QED) is 0.753. The van der Waals surface area contributed by atoms with E-state index in [4.69, 9.17) is 9.84 Å². The molecule has 3 rings (SSSR count). The lowest BCUT2D eigenvalue weighted by Gasteiger charge is -2.07. The number of methoxy groups -OCH3 is 1. The molecule has 1 aromatic heterocycles. The zero-order valence-corrected chi connectivity index (χ0v) is 12.9. The van der Waals surface area contributed by atoms with Crippen LogP contribution >= 0.6 is 0 Å². The first-order valence-electron chi connectivity index (χ1n) is 7.40. The monoisotopic (exact) mass is 310 g/mol. The number of nitrogens with zero attached hydrogens (tertiary/aromatic N) is 4. The van der Waals surface area contributed by atoms with Crippen LogP contribution in [0, 0.1) is 0 Å². The molecule has 6 heteroatoms. The second-order valence-corrected chi connectivity index (χ2v) is 5.11. The highest BCUT2D eigenvalue weighted by atomic mass is 16.5. The molecule has 3 aromatic rings. The van der Waals surface area contributed by atoms with Gasteiger partial charge in [0, 0.05) is 5.56 Å². The summed E-state index contributed by atoms with van der Waals surface area (Å²) >= 11 is 0. The molecule has 0 bridgehead atoms. The van der Waals surface area contributed by atoms with Gasteiger partial charge in [-0.05, 0) is 34.9 Å². The van der Waals surface area contributed by atoms with Crippen LogP contribution in [0.15, 0.2) is 48.5 Å². The predicted molar refractivity (Wildman–Crippen MR) is 86.1 cm³/mol. The summed E-state index contributed by atoms with van der Waals surface area (Å²) < 4.78 is 5.19. The first-order chi connectivity index (χ1) is 11.3. The maximum absolute atomic E-state index is 8.95. The predicted octanol–water partition coefficient (Wildman–Crippen LogP) is 1.93. The molecule has 0 unspecified atom stereocenters. The third-order valence-electron chi connectivity index (χ3n) is 3.56. The minimum absolute atomic E-state index is 0.0106. The van der Waals surface area contributed by atoms with Crippen LogP contribution in [0.1, 0.15) is 11.1 Å². The summed E-state index contributed by atoms with van der Waals surface area (Å²) in [6, 6.07) is 16.0. The fourth-order valence-electron chi connectivity index (χ4n) is 2.39. The second kappa shape index (κ2) is 7.02. The number of rotatable bonds is 6. The molecular formula is C17H18N4O2. The lowest BCUT2D eigenvalue weighted by Crippen LogP contribution is -2.05. The van der Waals surface area contributed by atoms with Gasteiger partial charge in [0.05, 0.1) is 20.3 Å². The van der Waals surface area contributed by atoms with Gasteiger partial charge in [-0.15, -0.1) is 10.2 Å². The number of aliphatic hydroxyl groups excluding tert-OH is 1. The number of benzene rings is 2. The lowest BCUT2D eigenvalue weighted by molar-refractivity contribution is 0.259. The highest BCUT2D eigenvalue weighted by Crippen LogP contribution is 2.23. The second-order valence-electron chi connectivity index (χ2n) is 5.11. The van der Waals surface area contributed by atoms with E-state index in [0.29, 0.717) is 12.4 Å². The van der Waals surface area contributed by atoms with Crippen LogP contribution in [0.5, 0.6) is 5.75 Å². The molecule has 1 heterocycles. The van der Waals surface area contributed by atoms with Crippen molar-refractivity contribution in [2.24, 2.45) is 0 Å². The molecule has 0 atom stereocenters. The number of aliphatic hydroxyl groups is 1. The topological polar surface area (TPSA) is 73.1 Å².